The lowest BCUT2D eigenvalue weighted by Crippen LogP contribution is -2.26. The topological polar surface area (TPSA) is 66.4 Å². The Kier molecular flexibility index (Phi) is 6.23. The van der Waals surface area contributed by atoms with E-state index in [9.17, 15) is 14.7 Å². The molecule has 0 spiro atoms. The monoisotopic (exact) mass is 365 g/mol. The van der Waals surface area contributed by atoms with Gasteiger partial charge in [-0.1, -0.05) is 60.5 Å². The van der Waals surface area contributed by atoms with E-state index in [0.29, 0.717) is 15.7 Å². The van der Waals surface area contributed by atoms with Crippen molar-refractivity contribution in [1.29, 1.82) is 0 Å². The van der Waals surface area contributed by atoms with Crippen molar-refractivity contribution in [2.45, 2.75) is 19.3 Å². The maximum absolute atomic E-state index is 12.2. The fourth-order valence-corrected chi connectivity index (χ4v) is 2.75. The highest BCUT2D eigenvalue weighted by atomic mass is 35.5. The summed E-state index contributed by atoms with van der Waals surface area (Å²) in [6, 6.07) is 14.0. The normalized spacial score (nSPS) is 13.1. The fourth-order valence-electron chi connectivity index (χ4n) is 2.45. The van der Waals surface area contributed by atoms with Crippen molar-refractivity contribution < 1.29 is 14.7 Å². The molecule has 0 saturated heterocycles. The van der Waals surface area contributed by atoms with Gasteiger partial charge in [0.1, 0.15) is 0 Å². The lowest BCUT2D eigenvalue weighted by Gasteiger charge is -2.20. The van der Waals surface area contributed by atoms with Gasteiger partial charge < -0.3 is 10.4 Å². The Labute approximate surface area is 150 Å². The lowest BCUT2D eigenvalue weighted by atomic mass is 9.85. The fraction of sp³-hybridized carbons (Fsp3) is 0.222. The summed E-state index contributed by atoms with van der Waals surface area (Å²) < 4.78 is 0. The summed E-state index contributed by atoms with van der Waals surface area (Å²) in [5.74, 6) is -2.50. The van der Waals surface area contributed by atoms with Crippen molar-refractivity contribution in [3.8, 4) is 0 Å². The predicted octanol–water partition coefficient (Wildman–Crippen LogP) is 4.83. The van der Waals surface area contributed by atoms with Crippen LogP contribution in [-0.2, 0) is 9.59 Å². The number of carboxylic acid groups (broad SMARTS) is 1. The molecule has 0 heterocycles. The second kappa shape index (κ2) is 8.18. The van der Waals surface area contributed by atoms with Gasteiger partial charge in [0.15, 0.2) is 0 Å². The summed E-state index contributed by atoms with van der Waals surface area (Å²) in [5, 5.41) is 12.8. The lowest BCUT2D eigenvalue weighted by molar-refractivity contribution is -0.144. The summed E-state index contributed by atoms with van der Waals surface area (Å²) in [6.07, 6.45) is -0.133. The molecule has 0 aromatic heterocycles. The van der Waals surface area contributed by atoms with Crippen molar-refractivity contribution in [2.75, 3.05) is 5.32 Å². The molecule has 2 rings (SSSR count). The molecule has 2 aromatic carbocycles. The molecular weight excluding hydrogens is 349 g/mol. The molecule has 6 heteroatoms. The Balaban J connectivity index is 2.08. The van der Waals surface area contributed by atoms with Crippen molar-refractivity contribution in [3.05, 3.63) is 64.1 Å². The SMILES string of the molecule is C[C@@H](c1ccccc1)[C@H](CC(=O)Nc1ccc(Cl)c(Cl)c1)C(=O)O. The molecule has 0 fully saturated rings. The van der Waals surface area contributed by atoms with Crippen LogP contribution in [0.15, 0.2) is 48.5 Å². The van der Waals surface area contributed by atoms with Crippen LogP contribution in [0.2, 0.25) is 10.0 Å². The predicted molar refractivity (Wildman–Crippen MR) is 95.7 cm³/mol. The molecule has 2 aromatic rings. The van der Waals surface area contributed by atoms with E-state index in [1.165, 1.54) is 6.07 Å². The zero-order valence-corrected chi connectivity index (χ0v) is 14.5. The Morgan fingerprint density at radius 2 is 1.75 bits per heavy atom. The van der Waals surface area contributed by atoms with E-state index >= 15 is 0 Å². The Hall–Kier alpha value is -2.04. The number of hydrogen-bond acceptors (Lipinski definition) is 2. The summed E-state index contributed by atoms with van der Waals surface area (Å²) >= 11 is 11.7. The summed E-state index contributed by atoms with van der Waals surface area (Å²) in [4.78, 5) is 23.8. The summed E-state index contributed by atoms with van der Waals surface area (Å²) in [7, 11) is 0. The highest BCUT2D eigenvalue weighted by molar-refractivity contribution is 6.42. The van der Waals surface area contributed by atoms with Gasteiger partial charge in [-0.05, 0) is 29.7 Å². The van der Waals surface area contributed by atoms with Crippen LogP contribution in [0.25, 0.3) is 0 Å². The first-order valence-corrected chi connectivity index (χ1v) is 8.16. The average Bonchev–Trinajstić information content (AvgIpc) is 2.56. The molecule has 126 valence electrons. The third kappa shape index (κ3) is 4.73. The number of carbonyl (C=O) groups excluding carboxylic acids is 1. The van der Waals surface area contributed by atoms with Crippen LogP contribution in [-0.4, -0.2) is 17.0 Å². The highest BCUT2D eigenvalue weighted by Gasteiger charge is 2.28. The van der Waals surface area contributed by atoms with Crippen LogP contribution in [0.1, 0.15) is 24.8 Å². The molecule has 0 bridgehead atoms. The number of benzene rings is 2. The first kappa shape index (κ1) is 18.3. The van der Waals surface area contributed by atoms with Gasteiger partial charge in [0, 0.05) is 12.1 Å². The van der Waals surface area contributed by atoms with E-state index in [2.05, 4.69) is 5.32 Å². The number of amides is 1. The zero-order chi connectivity index (χ0) is 17.7. The molecular formula is C18H17Cl2NO3. The molecule has 4 nitrogen and oxygen atoms in total. The highest BCUT2D eigenvalue weighted by Crippen LogP contribution is 2.28. The van der Waals surface area contributed by atoms with Gasteiger partial charge in [-0.15, -0.1) is 0 Å². The van der Waals surface area contributed by atoms with Crippen LogP contribution in [0.3, 0.4) is 0 Å². The maximum Gasteiger partial charge on any atom is 0.307 e. The van der Waals surface area contributed by atoms with Crippen molar-refractivity contribution in [1.82, 2.24) is 0 Å². The second-order valence-corrected chi connectivity index (χ2v) is 6.34. The van der Waals surface area contributed by atoms with Gasteiger partial charge in [0.05, 0.1) is 16.0 Å². The van der Waals surface area contributed by atoms with E-state index in [-0.39, 0.29) is 18.2 Å². The third-order valence-electron chi connectivity index (χ3n) is 3.85. The van der Waals surface area contributed by atoms with Crippen LogP contribution >= 0.6 is 23.2 Å². The van der Waals surface area contributed by atoms with E-state index in [1.54, 1.807) is 19.1 Å². The number of nitrogens with one attached hydrogen (secondary N) is 1. The number of carbonyl (C=O) groups is 2. The minimum Gasteiger partial charge on any atom is -0.481 e. The molecule has 0 radical (unpaired) electrons. The van der Waals surface area contributed by atoms with E-state index in [0.717, 1.165) is 5.56 Å². The zero-order valence-electron chi connectivity index (χ0n) is 13.0. The second-order valence-electron chi connectivity index (χ2n) is 5.53. The molecule has 2 N–H and O–H groups in total. The number of carboxylic acids is 1. The number of halogens is 2. The van der Waals surface area contributed by atoms with Gasteiger partial charge in [-0.3, -0.25) is 9.59 Å². The van der Waals surface area contributed by atoms with Crippen molar-refractivity contribution in [3.63, 3.8) is 0 Å². The number of rotatable bonds is 6. The molecule has 0 unspecified atom stereocenters. The van der Waals surface area contributed by atoms with Gasteiger partial charge in [-0.25, -0.2) is 0 Å². The Bertz CT molecular complexity index is 734. The smallest absolute Gasteiger partial charge is 0.307 e. The maximum atomic E-state index is 12.2. The largest absolute Gasteiger partial charge is 0.481 e. The van der Waals surface area contributed by atoms with Crippen molar-refractivity contribution in [2.24, 2.45) is 5.92 Å². The first-order valence-electron chi connectivity index (χ1n) is 7.41. The summed E-state index contributed by atoms with van der Waals surface area (Å²) in [5.41, 5.74) is 1.36. The molecule has 0 aliphatic rings. The Morgan fingerprint density at radius 1 is 1.08 bits per heavy atom. The molecule has 24 heavy (non-hydrogen) atoms. The number of anilines is 1. The number of hydrogen-bond donors (Lipinski definition) is 2. The van der Waals surface area contributed by atoms with Gasteiger partial charge in [-0.2, -0.15) is 0 Å². The summed E-state index contributed by atoms with van der Waals surface area (Å²) in [6.45, 7) is 1.81. The molecule has 0 aliphatic heterocycles. The third-order valence-corrected chi connectivity index (χ3v) is 4.59. The van der Waals surface area contributed by atoms with E-state index < -0.39 is 11.9 Å². The average molecular weight is 366 g/mol. The minimum atomic E-state index is -1.00. The van der Waals surface area contributed by atoms with Gasteiger partial charge >= 0.3 is 5.97 Å². The van der Waals surface area contributed by atoms with Crippen LogP contribution < -0.4 is 5.32 Å². The molecule has 0 saturated carbocycles. The van der Waals surface area contributed by atoms with Crippen molar-refractivity contribution >= 4 is 40.8 Å². The molecule has 1 amide bonds. The minimum absolute atomic E-state index is 0.133. The van der Waals surface area contributed by atoms with Crippen LogP contribution in [0, 0.1) is 5.92 Å². The van der Waals surface area contributed by atoms with Gasteiger partial charge in [0.2, 0.25) is 5.91 Å². The van der Waals surface area contributed by atoms with E-state index in [1.807, 2.05) is 30.3 Å². The van der Waals surface area contributed by atoms with Crippen LogP contribution in [0.4, 0.5) is 5.69 Å². The standard InChI is InChI=1S/C18H17Cl2NO3/c1-11(12-5-3-2-4-6-12)14(18(23)24)10-17(22)21-13-7-8-15(19)16(20)9-13/h2-9,11,14H,10H2,1H3,(H,21,22)(H,23,24)/t11-,14-/m0/s1. The van der Waals surface area contributed by atoms with Gasteiger partial charge in [0.25, 0.3) is 0 Å². The van der Waals surface area contributed by atoms with E-state index in [4.69, 9.17) is 23.2 Å². The molecule has 0 aliphatic carbocycles. The molecule has 2 atom stereocenters. The van der Waals surface area contributed by atoms with Crippen LogP contribution in [0.5, 0.6) is 0 Å². The number of aliphatic carboxylic acids is 1. The Morgan fingerprint density at radius 3 is 2.33 bits per heavy atom. The quantitative estimate of drug-likeness (QED) is 0.770. The first-order chi connectivity index (χ1) is 11.4.